The number of halogens is 1. The molecule has 1 aromatic heterocycles. The van der Waals surface area contributed by atoms with Crippen LogP contribution in [0.5, 0.6) is 5.88 Å². The number of pyridine rings is 1. The number of alkyl halides is 1. The van der Waals surface area contributed by atoms with Gasteiger partial charge in [0.1, 0.15) is 0 Å². The zero-order chi connectivity index (χ0) is 12.4. The van der Waals surface area contributed by atoms with E-state index < -0.39 is 0 Å². The lowest BCUT2D eigenvalue weighted by atomic mass is 10.1. The van der Waals surface area contributed by atoms with Gasteiger partial charge in [0.15, 0.2) is 0 Å². The molecule has 0 atom stereocenters. The van der Waals surface area contributed by atoms with Crippen LogP contribution in [0.15, 0.2) is 30.5 Å². The maximum absolute atomic E-state index is 5.93. The van der Waals surface area contributed by atoms with E-state index in [4.69, 9.17) is 16.3 Å². The maximum atomic E-state index is 5.93. The largest absolute Gasteiger partial charge is 0.477 e. The summed E-state index contributed by atoms with van der Waals surface area (Å²) in [6.45, 7) is 0.766. The second-order valence-electron chi connectivity index (χ2n) is 4.85. The minimum Gasteiger partial charge on any atom is -0.477 e. The first-order chi connectivity index (χ1) is 8.88. The third-order valence-electron chi connectivity index (χ3n) is 3.45. The van der Waals surface area contributed by atoms with Crippen molar-refractivity contribution >= 4 is 22.4 Å². The average Bonchev–Trinajstić information content (AvgIpc) is 3.23. The summed E-state index contributed by atoms with van der Waals surface area (Å²) in [5.74, 6) is 2.11. The Hall–Kier alpha value is -1.28. The molecule has 0 spiro atoms. The van der Waals surface area contributed by atoms with Gasteiger partial charge in [-0.05, 0) is 29.4 Å². The molecule has 1 aromatic carbocycles. The number of benzene rings is 1. The van der Waals surface area contributed by atoms with Gasteiger partial charge in [-0.2, -0.15) is 0 Å². The number of ether oxygens (including phenoxy) is 1. The molecular weight excluding hydrogens is 246 g/mol. The van der Waals surface area contributed by atoms with E-state index in [0.29, 0.717) is 5.88 Å². The zero-order valence-corrected chi connectivity index (χ0v) is 11.0. The molecule has 1 fully saturated rings. The molecule has 1 saturated carbocycles. The van der Waals surface area contributed by atoms with Crippen molar-refractivity contribution in [1.82, 2.24) is 4.98 Å². The van der Waals surface area contributed by atoms with Crippen LogP contribution in [0.4, 0.5) is 0 Å². The van der Waals surface area contributed by atoms with Crippen molar-refractivity contribution in [3.05, 3.63) is 36.0 Å². The van der Waals surface area contributed by atoms with Gasteiger partial charge >= 0.3 is 0 Å². The van der Waals surface area contributed by atoms with E-state index in [-0.39, 0.29) is 0 Å². The summed E-state index contributed by atoms with van der Waals surface area (Å²) in [4.78, 5) is 4.39. The summed E-state index contributed by atoms with van der Waals surface area (Å²) in [7, 11) is 0. The molecule has 0 radical (unpaired) electrons. The van der Waals surface area contributed by atoms with E-state index >= 15 is 0 Å². The molecule has 18 heavy (non-hydrogen) atoms. The smallest absolute Gasteiger partial charge is 0.221 e. The lowest BCUT2D eigenvalue weighted by molar-refractivity contribution is 0.295. The molecule has 2 nitrogen and oxygen atoms in total. The predicted molar refractivity (Wildman–Crippen MR) is 74.1 cm³/mol. The van der Waals surface area contributed by atoms with Crippen LogP contribution in [0.25, 0.3) is 10.8 Å². The minimum atomic E-state index is 0.482. The lowest BCUT2D eigenvalue weighted by Crippen LogP contribution is -2.01. The van der Waals surface area contributed by atoms with Crippen molar-refractivity contribution in [2.24, 2.45) is 5.92 Å². The molecule has 94 valence electrons. The Labute approximate surface area is 112 Å². The minimum absolute atomic E-state index is 0.482. The first-order valence-corrected chi connectivity index (χ1v) is 6.97. The van der Waals surface area contributed by atoms with Crippen molar-refractivity contribution in [3.8, 4) is 5.88 Å². The van der Waals surface area contributed by atoms with Gasteiger partial charge in [0, 0.05) is 17.5 Å². The van der Waals surface area contributed by atoms with Crippen LogP contribution in [0.1, 0.15) is 24.8 Å². The molecular formula is C15H16ClNO. The second-order valence-corrected chi connectivity index (χ2v) is 5.12. The molecule has 0 N–H and O–H groups in total. The number of nitrogens with zero attached hydrogens (tertiary/aromatic N) is 1. The molecule has 0 saturated heterocycles. The standard InChI is InChI=1S/C15H16ClNO/c16-9-12-10-17-15(18-8-7-11-5-6-11)14-4-2-1-3-13(12)14/h1-4,10-11H,5-9H2. The van der Waals surface area contributed by atoms with E-state index in [1.54, 1.807) is 0 Å². The first kappa shape index (κ1) is 11.8. The Bertz CT molecular complexity index is 551. The summed E-state index contributed by atoms with van der Waals surface area (Å²) in [6.07, 6.45) is 5.69. The van der Waals surface area contributed by atoms with Crippen molar-refractivity contribution < 1.29 is 4.74 Å². The summed E-state index contributed by atoms with van der Waals surface area (Å²) < 4.78 is 5.82. The molecule has 0 unspecified atom stereocenters. The lowest BCUT2D eigenvalue weighted by Gasteiger charge is -2.10. The molecule has 2 aromatic rings. The van der Waals surface area contributed by atoms with Crippen molar-refractivity contribution in [2.75, 3.05) is 6.61 Å². The topological polar surface area (TPSA) is 22.1 Å². The third kappa shape index (κ3) is 2.44. The van der Waals surface area contributed by atoms with E-state index in [1.807, 2.05) is 24.4 Å². The van der Waals surface area contributed by atoms with E-state index in [0.717, 1.165) is 41.2 Å². The summed E-state index contributed by atoms with van der Waals surface area (Å²) in [6, 6.07) is 8.15. The Morgan fingerprint density at radius 2 is 2.00 bits per heavy atom. The van der Waals surface area contributed by atoms with E-state index in [1.165, 1.54) is 12.8 Å². The molecule has 0 amide bonds. The Morgan fingerprint density at radius 3 is 2.72 bits per heavy atom. The monoisotopic (exact) mass is 261 g/mol. The highest BCUT2D eigenvalue weighted by Gasteiger charge is 2.21. The van der Waals surface area contributed by atoms with Gasteiger partial charge in [-0.15, -0.1) is 11.6 Å². The number of aromatic nitrogens is 1. The number of rotatable bonds is 5. The molecule has 1 heterocycles. The van der Waals surface area contributed by atoms with Crippen LogP contribution in [-0.4, -0.2) is 11.6 Å². The molecule has 0 bridgehead atoms. The molecule has 1 aliphatic rings. The van der Waals surface area contributed by atoms with Gasteiger partial charge in [-0.1, -0.05) is 31.0 Å². The normalized spacial score (nSPS) is 14.9. The van der Waals surface area contributed by atoms with Crippen LogP contribution >= 0.6 is 11.6 Å². The molecule has 3 rings (SSSR count). The highest BCUT2D eigenvalue weighted by Crippen LogP contribution is 2.33. The fourth-order valence-corrected chi connectivity index (χ4v) is 2.39. The van der Waals surface area contributed by atoms with Gasteiger partial charge in [0.25, 0.3) is 0 Å². The van der Waals surface area contributed by atoms with E-state index in [9.17, 15) is 0 Å². The summed E-state index contributed by atoms with van der Waals surface area (Å²) >= 11 is 5.93. The Balaban J connectivity index is 1.86. The summed E-state index contributed by atoms with van der Waals surface area (Å²) in [5, 5.41) is 2.20. The molecule has 1 aliphatic carbocycles. The first-order valence-electron chi connectivity index (χ1n) is 6.44. The van der Waals surface area contributed by atoms with Crippen LogP contribution in [-0.2, 0) is 5.88 Å². The Kier molecular flexibility index (Phi) is 3.37. The van der Waals surface area contributed by atoms with E-state index in [2.05, 4.69) is 11.1 Å². The van der Waals surface area contributed by atoms with Crippen LogP contribution < -0.4 is 4.74 Å². The molecule has 3 heteroatoms. The van der Waals surface area contributed by atoms with Gasteiger partial charge in [-0.25, -0.2) is 4.98 Å². The van der Waals surface area contributed by atoms with Crippen molar-refractivity contribution in [3.63, 3.8) is 0 Å². The van der Waals surface area contributed by atoms with Crippen molar-refractivity contribution in [1.29, 1.82) is 0 Å². The highest BCUT2D eigenvalue weighted by molar-refractivity contribution is 6.18. The average molecular weight is 262 g/mol. The zero-order valence-electron chi connectivity index (χ0n) is 10.2. The fourth-order valence-electron chi connectivity index (χ4n) is 2.18. The van der Waals surface area contributed by atoms with Crippen LogP contribution in [0.3, 0.4) is 0 Å². The number of hydrogen-bond donors (Lipinski definition) is 0. The number of hydrogen-bond acceptors (Lipinski definition) is 2. The van der Waals surface area contributed by atoms with Gasteiger partial charge in [0.05, 0.1) is 6.61 Å². The third-order valence-corrected chi connectivity index (χ3v) is 3.73. The van der Waals surface area contributed by atoms with Crippen LogP contribution in [0, 0.1) is 5.92 Å². The van der Waals surface area contributed by atoms with Gasteiger partial charge in [0.2, 0.25) is 5.88 Å². The van der Waals surface area contributed by atoms with Gasteiger partial charge < -0.3 is 4.74 Å². The Morgan fingerprint density at radius 1 is 1.22 bits per heavy atom. The second kappa shape index (κ2) is 5.15. The predicted octanol–water partition coefficient (Wildman–Crippen LogP) is 4.15. The SMILES string of the molecule is ClCc1cnc(OCCC2CC2)c2ccccc12. The number of fused-ring (bicyclic) bond motifs is 1. The van der Waals surface area contributed by atoms with Crippen molar-refractivity contribution in [2.45, 2.75) is 25.1 Å². The maximum Gasteiger partial charge on any atom is 0.221 e. The highest BCUT2D eigenvalue weighted by atomic mass is 35.5. The fraction of sp³-hybridized carbons (Fsp3) is 0.400. The quantitative estimate of drug-likeness (QED) is 0.755. The molecule has 0 aliphatic heterocycles. The van der Waals surface area contributed by atoms with Gasteiger partial charge in [-0.3, -0.25) is 0 Å². The van der Waals surface area contributed by atoms with Crippen LogP contribution in [0.2, 0.25) is 0 Å². The summed E-state index contributed by atoms with van der Waals surface area (Å²) in [5.41, 5.74) is 1.06.